The van der Waals surface area contributed by atoms with Crippen molar-refractivity contribution in [2.45, 2.75) is 51.8 Å². The quantitative estimate of drug-likeness (QED) is 0.771. The largest absolute Gasteiger partial charge is 0.379 e. The number of aromatic nitrogens is 2. The summed E-state index contributed by atoms with van der Waals surface area (Å²) < 4.78 is 36.0. The molecular formula is C21H28F2N4OS. The molecule has 1 aromatic heterocycles. The van der Waals surface area contributed by atoms with Crippen molar-refractivity contribution < 1.29 is 13.5 Å². The molecule has 158 valence electrons. The molecule has 2 aromatic rings. The van der Waals surface area contributed by atoms with Gasteiger partial charge in [-0.1, -0.05) is 31.7 Å². The molecule has 2 aliphatic heterocycles. The molecule has 4 rings (SSSR count). The Morgan fingerprint density at radius 3 is 2.69 bits per heavy atom. The first-order chi connectivity index (χ1) is 13.9. The van der Waals surface area contributed by atoms with Crippen LogP contribution in [0, 0.1) is 17.6 Å². The predicted octanol–water partition coefficient (Wildman–Crippen LogP) is 4.80. The smallest absolute Gasteiger partial charge is 0.154 e. The summed E-state index contributed by atoms with van der Waals surface area (Å²) in [6.45, 7) is 8.31. The van der Waals surface area contributed by atoms with Crippen LogP contribution in [0.25, 0.3) is 0 Å². The lowest BCUT2D eigenvalue weighted by molar-refractivity contribution is -0.0608. The molecule has 0 bridgehead atoms. The number of benzene rings is 1. The minimum Gasteiger partial charge on any atom is -0.379 e. The average Bonchev–Trinajstić information content (AvgIpc) is 3.19. The van der Waals surface area contributed by atoms with E-state index in [0.29, 0.717) is 22.9 Å². The number of nitrogens with two attached hydrogens (primary N) is 1. The maximum atomic E-state index is 14.6. The van der Waals surface area contributed by atoms with Crippen LogP contribution >= 0.6 is 11.8 Å². The number of hydrogen-bond acceptors (Lipinski definition) is 5. The van der Waals surface area contributed by atoms with Crippen LogP contribution in [-0.2, 0) is 10.3 Å². The fraction of sp³-hybridized carbons (Fsp3) is 0.524. The van der Waals surface area contributed by atoms with Crippen LogP contribution in [0.5, 0.6) is 0 Å². The van der Waals surface area contributed by atoms with Crippen molar-refractivity contribution in [1.29, 1.82) is 0 Å². The number of nitrogens with zero attached hydrogens (tertiary/aromatic N) is 3. The van der Waals surface area contributed by atoms with Crippen molar-refractivity contribution in [2.24, 2.45) is 16.6 Å². The third-order valence-corrected chi connectivity index (χ3v) is 6.26. The fourth-order valence-electron chi connectivity index (χ4n) is 3.83. The summed E-state index contributed by atoms with van der Waals surface area (Å²) in [5.74, 6) is -0.510. The Hall–Kier alpha value is -1.93. The number of ether oxygens (including phenoxy) is 1. The standard InChI is InChI=1S/C19H22F2N4OS.C2H6/c1-11(2)25-6-5-16(24-25)17-7-12-9-27-18(22)23-19(12,10-26-17)14-4-3-13(20)8-15(14)21;1-2/h3-6,8,11-12,17H,7,9-10H2,1-2H3,(H2,22,23);1-2H3/t12?,17-,19?;/m1./s1. The highest BCUT2D eigenvalue weighted by Gasteiger charge is 2.50. The van der Waals surface area contributed by atoms with E-state index in [1.807, 2.05) is 30.8 Å². The highest BCUT2D eigenvalue weighted by molar-refractivity contribution is 8.13. The summed E-state index contributed by atoms with van der Waals surface area (Å²) in [6.07, 6.45) is 2.41. The molecule has 1 aromatic carbocycles. The first-order valence-electron chi connectivity index (χ1n) is 9.99. The topological polar surface area (TPSA) is 65.4 Å². The molecule has 0 aliphatic carbocycles. The Bertz CT molecular complexity index is 885. The molecule has 1 fully saturated rings. The van der Waals surface area contributed by atoms with Crippen molar-refractivity contribution in [3.8, 4) is 0 Å². The van der Waals surface area contributed by atoms with E-state index < -0.39 is 17.2 Å². The average molecular weight is 423 g/mol. The summed E-state index contributed by atoms with van der Waals surface area (Å²) >= 11 is 1.46. The van der Waals surface area contributed by atoms with Gasteiger partial charge in [-0.05, 0) is 32.4 Å². The van der Waals surface area contributed by atoms with E-state index in [9.17, 15) is 8.78 Å². The van der Waals surface area contributed by atoms with E-state index in [1.165, 1.54) is 23.9 Å². The van der Waals surface area contributed by atoms with E-state index in [1.54, 1.807) is 0 Å². The van der Waals surface area contributed by atoms with Gasteiger partial charge in [0.1, 0.15) is 23.3 Å². The van der Waals surface area contributed by atoms with Gasteiger partial charge in [-0.2, -0.15) is 5.10 Å². The molecule has 3 atom stereocenters. The fourth-order valence-corrected chi connectivity index (χ4v) is 4.84. The van der Waals surface area contributed by atoms with Crippen LogP contribution in [0.4, 0.5) is 8.78 Å². The zero-order valence-corrected chi connectivity index (χ0v) is 18.0. The maximum absolute atomic E-state index is 14.6. The molecule has 0 radical (unpaired) electrons. The van der Waals surface area contributed by atoms with Crippen LogP contribution in [0.15, 0.2) is 35.5 Å². The summed E-state index contributed by atoms with van der Waals surface area (Å²) in [5.41, 5.74) is 6.25. The molecule has 2 N–H and O–H groups in total. The molecule has 1 saturated heterocycles. The summed E-state index contributed by atoms with van der Waals surface area (Å²) in [4.78, 5) is 4.60. The van der Waals surface area contributed by atoms with Gasteiger partial charge in [0.15, 0.2) is 5.17 Å². The van der Waals surface area contributed by atoms with E-state index in [0.717, 1.165) is 11.8 Å². The highest BCUT2D eigenvalue weighted by atomic mass is 32.2. The lowest BCUT2D eigenvalue weighted by atomic mass is 9.74. The zero-order chi connectivity index (χ0) is 21.2. The SMILES string of the molecule is CC.CC(C)n1ccc([C@H]2CC3CSC(N)=NC3(c3ccc(F)cc3F)CO2)n1. The molecule has 2 aliphatic rings. The van der Waals surface area contributed by atoms with Gasteiger partial charge in [-0.3, -0.25) is 4.68 Å². The van der Waals surface area contributed by atoms with Gasteiger partial charge < -0.3 is 10.5 Å². The van der Waals surface area contributed by atoms with Crippen LogP contribution in [-0.4, -0.2) is 27.3 Å². The number of fused-ring (bicyclic) bond motifs is 1. The third-order valence-electron chi connectivity index (χ3n) is 5.31. The van der Waals surface area contributed by atoms with E-state index in [2.05, 4.69) is 23.9 Å². The number of aliphatic imine (C=N–C) groups is 1. The van der Waals surface area contributed by atoms with Crippen LogP contribution in [0.1, 0.15) is 57.5 Å². The molecule has 0 saturated carbocycles. The molecule has 8 heteroatoms. The summed E-state index contributed by atoms with van der Waals surface area (Å²) in [5, 5.41) is 5.02. The minimum atomic E-state index is -0.926. The van der Waals surface area contributed by atoms with Crippen molar-refractivity contribution in [2.75, 3.05) is 12.4 Å². The first-order valence-corrected chi connectivity index (χ1v) is 11.0. The Morgan fingerprint density at radius 2 is 2.03 bits per heavy atom. The molecule has 3 heterocycles. The Labute approximate surface area is 174 Å². The molecule has 5 nitrogen and oxygen atoms in total. The number of hydrogen-bond donors (Lipinski definition) is 1. The van der Waals surface area contributed by atoms with E-state index in [-0.39, 0.29) is 24.7 Å². The molecule has 0 spiro atoms. The van der Waals surface area contributed by atoms with Crippen molar-refractivity contribution in [3.05, 3.63) is 53.4 Å². The van der Waals surface area contributed by atoms with Crippen LogP contribution < -0.4 is 5.73 Å². The monoisotopic (exact) mass is 422 g/mol. The lowest BCUT2D eigenvalue weighted by Gasteiger charge is -2.46. The van der Waals surface area contributed by atoms with Gasteiger partial charge >= 0.3 is 0 Å². The molecular weight excluding hydrogens is 394 g/mol. The predicted molar refractivity (Wildman–Crippen MR) is 113 cm³/mol. The zero-order valence-electron chi connectivity index (χ0n) is 17.2. The normalized spacial score (nSPS) is 26.4. The van der Waals surface area contributed by atoms with Gasteiger partial charge in [0, 0.05) is 35.5 Å². The van der Waals surface area contributed by atoms with E-state index >= 15 is 0 Å². The maximum Gasteiger partial charge on any atom is 0.154 e. The second-order valence-electron chi connectivity index (χ2n) is 7.36. The minimum absolute atomic E-state index is 0.0118. The molecule has 2 unspecified atom stereocenters. The number of thioether (sulfide) groups is 1. The van der Waals surface area contributed by atoms with Gasteiger partial charge in [0.25, 0.3) is 0 Å². The third kappa shape index (κ3) is 4.19. The lowest BCUT2D eigenvalue weighted by Crippen LogP contribution is -2.48. The summed E-state index contributed by atoms with van der Waals surface area (Å²) in [6, 6.07) is 5.84. The number of rotatable bonds is 3. The van der Waals surface area contributed by atoms with E-state index in [4.69, 9.17) is 10.5 Å². The molecule has 29 heavy (non-hydrogen) atoms. The Balaban J connectivity index is 0.00000117. The summed E-state index contributed by atoms with van der Waals surface area (Å²) in [7, 11) is 0. The second-order valence-corrected chi connectivity index (χ2v) is 8.40. The van der Waals surface area contributed by atoms with Crippen molar-refractivity contribution >= 4 is 16.9 Å². The van der Waals surface area contributed by atoms with Gasteiger partial charge in [0.05, 0.1) is 12.3 Å². The van der Waals surface area contributed by atoms with Crippen molar-refractivity contribution in [1.82, 2.24) is 9.78 Å². The first kappa shape index (κ1) is 21.8. The van der Waals surface area contributed by atoms with Gasteiger partial charge in [0.2, 0.25) is 0 Å². The Kier molecular flexibility index (Phi) is 6.63. The number of amidine groups is 1. The Morgan fingerprint density at radius 1 is 1.28 bits per heavy atom. The van der Waals surface area contributed by atoms with Gasteiger partial charge in [-0.25, -0.2) is 13.8 Å². The highest BCUT2D eigenvalue weighted by Crippen LogP contribution is 2.49. The van der Waals surface area contributed by atoms with Crippen molar-refractivity contribution in [3.63, 3.8) is 0 Å². The molecule has 0 amide bonds. The second kappa shape index (κ2) is 8.83. The number of halogens is 2. The van der Waals surface area contributed by atoms with Crippen LogP contribution in [0.2, 0.25) is 0 Å². The van der Waals surface area contributed by atoms with Crippen LogP contribution in [0.3, 0.4) is 0 Å². The van der Waals surface area contributed by atoms with Gasteiger partial charge in [-0.15, -0.1) is 0 Å².